The number of methoxy groups -OCH3 is 1. The summed E-state index contributed by atoms with van der Waals surface area (Å²) in [5.74, 6) is 0.633. The fraction of sp³-hybridized carbons (Fsp3) is 0.417. The quantitative estimate of drug-likeness (QED) is 0.808. The Balaban J connectivity index is 1.96. The summed E-state index contributed by atoms with van der Waals surface area (Å²) < 4.78 is 10.3. The Morgan fingerprint density at radius 1 is 1.59 bits per heavy atom. The molecule has 0 radical (unpaired) electrons. The van der Waals surface area contributed by atoms with Crippen molar-refractivity contribution >= 4 is 11.6 Å². The van der Waals surface area contributed by atoms with Crippen LogP contribution in [0.5, 0.6) is 5.75 Å². The van der Waals surface area contributed by atoms with Crippen LogP contribution in [-0.4, -0.2) is 38.8 Å². The predicted molar refractivity (Wildman–Crippen MR) is 64.2 cm³/mol. The lowest BCUT2D eigenvalue weighted by Crippen LogP contribution is -2.48. The van der Waals surface area contributed by atoms with E-state index in [9.17, 15) is 4.79 Å². The SMILES string of the molecule is COc1cccc(NC(=O)[C@@H]2COCCN2)c1. The van der Waals surface area contributed by atoms with Crippen LogP contribution in [0.25, 0.3) is 0 Å². The number of anilines is 1. The molecular formula is C12H16N2O3. The lowest BCUT2D eigenvalue weighted by Gasteiger charge is -2.22. The lowest BCUT2D eigenvalue weighted by atomic mass is 10.2. The summed E-state index contributed by atoms with van der Waals surface area (Å²) in [4.78, 5) is 11.9. The van der Waals surface area contributed by atoms with Crippen LogP contribution < -0.4 is 15.4 Å². The number of benzene rings is 1. The Bertz CT molecular complexity index is 389. The van der Waals surface area contributed by atoms with Crippen LogP contribution in [0.4, 0.5) is 5.69 Å². The molecule has 0 spiro atoms. The van der Waals surface area contributed by atoms with Crippen molar-refractivity contribution in [2.45, 2.75) is 6.04 Å². The van der Waals surface area contributed by atoms with Gasteiger partial charge in [-0.1, -0.05) is 6.07 Å². The zero-order valence-electron chi connectivity index (χ0n) is 9.73. The highest BCUT2D eigenvalue weighted by molar-refractivity contribution is 5.95. The van der Waals surface area contributed by atoms with Crippen LogP contribution in [0.1, 0.15) is 0 Å². The summed E-state index contributed by atoms with van der Waals surface area (Å²) in [6, 6.07) is 6.98. The Hall–Kier alpha value is -1.59. The van der Waals surface area contributed by atoms with Crippen LogP contribution in [0.15, 0.2) is 24.3 Å². The number of ether oxygens (including phenoxy) is 2. The van der Waals surface area contributed by atoms with E-state index in [4.69, 9.17) is 9.47 Å². The molecule has 2 rings (SSSR count). The van der Waals surface area contributed by atoms with Crippen molar-refractivity contribution in [3.8, 4) is 5.75 Å². The largest absolute Gasteiger partial charge is 0.497 e. The van der Waals surface area contributed by atoms with Crippen LogP contribution in [0.3, 0.4) is 0 Å². The van der Waals surface area contributed by atoms with Gasteiger partial charge < -0.3 is 20.1 Å². The van der Waals surface area contributed by atoms with Gasteiger partial charge in [0.05, 0.1) is 20.3 Å². The van der Waals surface area contributed by atoms with E-state index in [0.717, 1.165) is 11.4 Å². The fourth-order valence-electron chi connectivity index (χ4n) is 1.66. The van der Waals surface area contributed by atoms with Gasteiger partial charge >= 0.3 is 0 Å². The van der Waals surface area contributed by atoms with E-state index in [1.165, 1.54) is 0 Å². The monoisotopic (exact) mass is 236 g/mol. The van der Waals surface area contributed by atoms with E-state index in [1.807, 2.05) is 18.2 Å². The first-order valence-electron chi connectivity index (χ1n) is 5.55. The Labute approximate surface area is 100 Å². The van der Waals surface area contributed by atoms with E-state index in [1.54, 1.807) is 13.2 Å². The van der Waals surface area contributed by atoms with E-state index in [2.05, 4.69) is 10.6 Å². The molecule has 0 aliphatic carbocycles. The van der Waals surface area contributed by atoms with Crippen LogP contribution in [0, 0.1) is 0 Å². The summed E-state index contributed by atoms with van der Waals surface area (Å²) in [6.45, 7) is 1.77. The molecule has 1 aromatic carbocycles. The highest BCUT2D eigenvalue weighted by Crippen LogP contribution is 2.16. The highest BCUT2D eigenvalue weighted by atomic mass is 16.5. The standard InChI is InChI=1S/C12H16N2O3/c1-16-10-4-2-3-9(7-10)14-12(15)11-8-17-6-5-13-11/h2-4,7,11,13H,5-6,8H2,1H3,(H,14,15)/t11-/m0/s1. The molecule has 1 aliphatic rings. The number of carbonyl (C=O) groups is 1. The summed E-state index contributed by atoms with van der Waals surface area (Å²) in [6.07, 6.45) is 0. The molecule has 0 unspecified atom stereocenters. The molecule has 1 aromatic rings. The van der Waals surface area contributed by atoms with Crippen molar-refractivity contribution in [1.29, 1.82) is 0 Å². The van der Waals surface area contributed by atoms with Gasteiger partial charge in [-0.15, -0.1) is 0 Å². The summed E-state index contributed by atoms with van der Waals surface area (Å²) in [5.41, 5.74) is 0.724. The molecule has 92 valence electrons. The molecule has 0 saturated carbocycles. The van der Waals surface area contributed by atoms with Crippen molar-refractivity contribution < 1.29 is 14.3 Å². The van der Waals surface area contributed by atoms with Gasteiger partial charge in [-0.2, -0.15) is 0 Å². The van der Waals surface area contributed by atoms with Gasteiger partial charge in [-0.3, -0.25) is 4.79 Å². The van der Waals surface area contributed by atoms with Gasteiger partial charge in [-0.05, 0) is 12.1 Å². The minimum Gasteiger partial charge on any atom is -0.497 e. The summed E-state index contributed by atoms with van der Waals surface area (Å²) in [7, 11) is 1.59. The zero-order chi connectivity index (χ0) is 12.1. The number of carbonyl (C=O) groups excluding carboxylic acids is 1. The van der Waals surface area contributed by atoms with Crippen molar-refractivity contribution in [3.63, 3.8) is 0 Å². The molecule has 17 heavy (non-hydrogen) atoms. The first-order valence-corrected chi connectivity index (χ1v) is 5.55. The van der Waals surface area contributed by atoms with E-state index in [0.29, 0.717) is 19.8 Å². The number of morpholine rings is 1. The molecule has 1 aliphatic heterocycles. The number of hydrogen-bond donors (Lipinski definition) is 2. The van der Waals surface area contributed by atoms with Crippen LogP contribution in [-0.2, 0) is 9.53 Å². The molecule has 2 N–H and O–H groups in total. The predicted octanol–water partition coefficient (Wildman–Crippen LogP) is 0.622. The lowest BCUT2D eigenvalue weighted by molar-refractivity contribution is -0.120. The number of hydrogen-bond acceptors (Lipinski definition) is 4. The fourth-order valence-corrected chi connectivity index (χ4v) is 1.66. The first-order chi connectivity index (χ1) is 8.29. The van der Waals surface area contributed by atoms with Gasteiger partial charge in [0.25, 0.3) is 0 Å². The minimum absolute atomic E-state index is 0.0852. The minimum atomic E-state index is -0.282. The molecule has 1 fully saturated rings. The second-order valence-corrected chi connectivity index (χ2v) is 3.80. The average Bonchev–Trinajstić information content (AvgIpc) is 2.40. The Morgan fingerprint density at radius 2 is 2.47 bits per heavy atom. The Kier molecular flexibility index (Phi) is 3.95. The first kappa shape index (κ1) is 11.9. The average molecular weight is 236 g/mol. The maximum atomic E-state index is 11.9. The van der Waals surface area contributed by atoms with E-state index < -0.39 is 0 Å². The summed E-state index contributed by atoms with van der Waals surface area (Å²) in [5, 5.41) is 5.92. The van der Waals surface area contributed by atoms with Gasteiger partial charge in [0, 0.05) is 18.3 Å². The number of nitrogens with one attached hydrogen (secondary N) is 2. The van der Waals surface area contributed by atoms with E-state index >= 15 is 0 Å². The van der Waals surface area contributed by atoms with Crippen molar-refractivity contribution in [3.05, 3.63) is 24.3 Å². The molecule has 0 aromatic heterocycles. The van der Waals surface area contributed by atoms with E-state index in [-0.39, 0.29) is 11.9 Å². The number of amides is 1. The molecule has 1 heterocycles. The van der Waals surface area contributed by atoms with Crippen LogP contribution >= 0.6 is 0 Å². The third-order valence-corrected chi connectivity index (χ3v) is 2.58. The molecular weight excluding hydrogens is 220 g/mol. The van der Waals surface area contributed by atoms with Gasteiger partial charge in [0.15, 0.2) is 0 Å². The third kappa shape index (κ3) is 3.18. The topological polar surface area (TPSA) is 59.6 Å². The van der Waals surface area contributed by atoms with Crippen molar-refractivity contribution in [2.24, 2.45) is 0 Å². The zero-order valence-corrected chi connectivity index (χ0v) is 9.73. The van der Waals surface area contributed by atoms with Crippen molar-refractivity contribution in [1.82, 2.24) is 5.32 Å². The smallest absolute Gasteiger partial charge is 0.243 e. The molecule has 1 saturated heterocycles. The van der Waals surface area contributed by atoms with Crippen LogP contribution in [0.2, 0.25) is 0 Å². The molecule has 5 heteroatoms. The number of rotatable bonds is 3. The molecule has 1 amide bonds. The maximum absolute atomic E-state index is 11.9. The Morgan fingerprint density at radius 3 is 3.18 bits per heavy atom. The molecule has 1 atom stereocenters. The highest BCUT2D eigenvalue weighted by Gasteiger charge is 2.21. The molecule has 5 nitrogen and oxygen atoms in total. The van der Waals surface area contributed by atoms with Gasteiger partial charge in [0.1, 0.15) is 11.8 Å². The van der Waals surface area contributed by atoms with Gasteiger partial charge in [-0.25, -0.2) is 0 Å². The third-order valence-electron chi connectivity index (χ3n) is 2.58. The molecule has 0 bridgehead atoms. The van der Waals surface area contributed by atoms with Crippen molar-refractivity contribution in [2.75, 3.05) is 32.2 Å². The second kappa shape index (κ2) is 5.65. The maximum Gasteiger partial charge on any atom is 0.243 e. The second-order valence-electron chi connectivity index (χ2n) is 3.80. The normalized spacial score (nSPS) is 19.7. The summed E-state index contributed by atoms with van der Waals surface area (Å²) >= 11 is 0. The van der Waals surface area contributed by atoms with Gasteiger partial charge in [0.2, 0.25) is 5.91 Å².